The summed E-state index contributed by atoms with van der Waals surface area (Å²) in [4.78, 5) is 25.9. The highest BCUT2D eigenvalue weighted by Crippen LogP contribution is 2.18. The van der Waals surface area contributed by atoms with Gasteiger partial charge in [-0.25, -0.2) is 23.4 Å². The molecule has 0 bridgehead atoms. The van der Waals surface area contributed by atoms with Gasteiger partial charge in [0.2, 0.25) is 0 Å². The number of carbonyl (C=O) groups is 1. The zero-order chi connectivity index (χ0) is 17.6. The molecule has 2 aromatic heterocycles. The maximum atomic E-state index is 12.4. The van der Waals surface area contributed by atoms with Crippen molar-refractivity contribution < 1.29 is 17.9 Å². The minimum atomic E-state index is -3.52. The van der Waals surface area contributed by atoms with Gasteiger partial charge in [0.1, 0.15) is 11.8 Å². The average molecular weight is 354 g/mol. The van der Waals surface area contributed by atoms with Gasteiger partial charge in [-0.2, -0.15) is 0 Å². The average Bonchev–Trinajstić information content (AvgIpc) is 3.00. The molecule has 2 heterocycles. The Morgan fingerprint density at radius 1 is 1.21 bits per heavy atom. The van der Waals surface area contributed by atoms with Crippen LogP contribution >= 0.6 is 0 Å². The minimum absolute atomic E-state index is 0.0265. The van der Waals surface area contributed by atoms with E-state index in [4.69, 9.17) is 4.74 Å². The van der Waals surface area contributed by atoms with E-state index in [9.17, 15) is 13.2 Å². The van der Waals surface area contributed by atoms with E-state index in [1.165, 1.54) is 12.7 Å². The number of sulfone groups is 1. The van der Waals surface area contributed by atoms with Crippen LogP contribution in [0.25, 0.3) is 11.2 Å². The molecule has 9 heteroatoms. The van der Waals surface area contributed by atoms with E-state index in [2.05, 4.69) is 19.9 Å². The van der Waals surface area contributed by atoms with Crippen LogP contribution < -0.4 is 0 Å². The molecule has 8 nitrogen and oxygen atoms in total. The summed E-state index contributed by atoms with van der Waals surface area (Å²) in [5.74, 6) is 0.0481. The third-order valence-electron chi connectivity index (χ3n) is 3.35. The molecule has 0 spiro atoms. The van der Waals surface area contributed by atoms with Crippen molar-refractivity contribution in [3.05, 3.63) is 12.7 Å². The first-order valence-corrected chi connectivity index (χ1v) is 9.58. The SMILES string of the molecule is CC(C)COC(=O)CCCCCS(=O)(=O)c1ncnc2nc[nH]c12. The number of aromatic amines is 1. The molecule has 0 aliphatic rings. The van der Waals surface area contributed by atoms with Crippen LogP contribution in [0.4, 0.5) is 0 Å². The smallest absolute Gasteiger partial charge is 0.305 e. The standard InChI is InChI=1S/C15H22N4O4S/c1-11(2)8-23-12(20)6-4-3-5-7-24(21,22)15-13-14(17-9-16-13)18-10-19-15/h9-11H,3-8H2,1-2H3,(H,16,17,18,19). The first-order valence-electron chi connectivity index (χ1n) is 7.92. The molecule has 0 atom stereocenters. The Kier molecular flexibility index (Phi) is 6.24. The predicted molar refractivity (Wildman–Crippen MR) is 88.0 cm³/mol. The highest BCUT2D eigenvalue weighted by molar-refractivity contribution is 7.91. The molecule has 0 fully saturated rings. The summed E-state index contributed by atoms with van der Waals surface area (Å²) in [6.07, 6.45) is 4.59. The molecule has 2 rings (SSSR count). The fourth-order valence-corrected chi connectivity index (χ4v) is 3.59. The molecule has 0 radical (unpaired) electrons. The molecular weight excluding hydrogens is 332 g/mol. The number of esters is 1. The number of nitrogens with zero attached hydrogens (tertiary/aromatic N) is 3. The van der Waals surface area contributed by atoms with Crippen LogP contribution in [0, 0.1) is 5.92 Å². The van der Waals surface area contributed by atoms with E-state index in [0.717, 1.165) is 0 Å². The number of rotatable bonds is 9. The molecule has 0 saturated heterocycles. The Morgan fingerprint density at radius 3 is 2.75 bits per heavy atom. The van der Waals surface area contributed by atoms with Crippen molar-refractivity contribution in [1.29, 1.82) is 0 Å². The zero-order valence-electron chi connectivity index (χ0n) is 13.9. The Morgan fingerprint density at radius 2 is 2.00 bits per heavy atom. The van der Waals surface area contributed by atoms with Gasteiger partial charge in [0.05, 0.1) is 18.7 Å². The number of H-pyrrole nitrogens is 1. The number of imidazole rings is 1. The maximum Gasteiger partial charge on any atom is 0.305 e. The fourth-order valence-electron chi connectivity index (χ4n) is 2.15. The predicted octanol–water partition coefficient (Wildman–Crippen LogP) is 1.89. The quantitative estimate of drug-likeness (QED) is 0.415. The second-order valence-electron chi connectivity index (χ2n) is 5.99. The number of unbranched alkanes of at least 4 members (excludes halogenated alkanes) is 2. The monoisotopic (exact) mass is 354 g/mol. The van der Waals surface area contributed by atoms with Crippen molar-refractivity contribution in [3.8, 4) is 0 Å². The second kappa shape index (κ2) is 8.18. The summed E-state index contributed by atoms with van der Waals surface area (Å²) in [5, 5.41) is -0.0265. The van der Waals surface area contributed by atoms with Crippen LogP contribution in [0.2, 0.25) is 0 Å². The molecule has 0 aromatic carbocycles. The molecule has 0 aliphatic heterocycles. The molecule has 0 unspecified atom stereocenters. The Balaban J connectivity index is 1.80. The van der Waals surface area contributed by atoms with Crippen LogP contribution in [-0.4, -0.2) is 46.7 Å². The van der Waals surface area contributed by atoms with Crippen molar-refractivity contribution in [2.45, 2.75) is 44.6 Å². The number of carbonyl (C=O) groups excluding carboxylic acids is 1. The minimum Gasteiger partial charge on any atom is -0.465 e. The lowest BCUT2D eigenvalue weighted by Crippen LogP contribution is -2.11. The van der Waals surface area contributed by atoms with Crippen LogP contribution in [0.1, 0.15) is 39.5 Å². The van der Waals surface area contributed by atoms with Gasteiger partial charge >= 0.3 is 5.97 Å². The zero-order valence-corrected chi connectivity index (χ0v) is 14.7. The number of nitrogens with one attached hydrogen (secondary N) is 1. The molecule has 132 valence electrons. The Labute approximate surface area is 141 Å². The number of fused-ring (bicyclic) bond motifs is 1. The highest BCUT2D eigenvalue weighted by Gasteiger charge is 2.20. The summed E-state index contributed by atoms with van der Waals surface area (Å²) in [5.41, 5.74) is 0.659. The summed E-state index contributed by atoms with van der Waals surface area (Å²) in [6, 6.07) is 0. The number of hydrogen-bond acceptors (Lipinski definition) is 7. The fraction of sp³-hybridized carbons (Fsp3) is 0.600. The largest absolute Gasteiger partial charge is 0.465 e. The molecular formula is C15H22N4O4S. The number of aromatic nitrogens is 4. The molecule has 0 aliphatic carbocycles. The summed E-state index contributed by atoms with van der Waals surface area (Å²) in [6.45, 7) is 4.37. The summed E-state index contributed by atoms with van der Waals surface area (Å²) in [7, 11) is -3.52. The van der Waals surface area contributed by atoms with Crippen molar-refractivity contribution in [2.24, 2.45) is 5.92 Å². The first-order chi connectivity index (χ1) is 11.4. The number of ether oxygens (including phenoxy) is 1. The van der Waals surface area contributed by atoms with E-state index < -0.39 is 9.84 Å². The van der Waals surface area contributed by atoms with Crippen LogP contribution in [-0.2, 0) is 19.4 Å². The lowest BCUT2D eigenvalue weighted by Gasteiger charge is -2.07. The third kappa shape index (κ3) is 4.98. The van der Waals surface area contributed by atoms with Crippen molar-refractivity contribution in [2.75, 3.05) is 12.4 Å². The van der Waals surface area contributed by atoms with E-state index >= 15 is 0 Å². The first kappa shape index (κ1) is 18.3. The molecule has 1 N–H and O–H groups in total. The van der Waals surface area contributed by atoms with Crippen LogP contribution in [0.15, 0.2) is 17.7 Å². The van der Waals surface area contributed by atoms with Gasteiger partial charge in [0.25, 0.3) is 0 Å². The van der Waals surface area contributed by atoms with E-state index in [1.54, 1.807) is 0 Å². The van der Waals surface area contributed by atoms with E-state index in [1.807, 2.05) is 13.8 Å². The second-order valence-corrected chi connectivity index (χ2v) is 8.01. The molecule has 0 saturated carbocycles. The molecule has 24 heavy (non-hydrogen) atoms. The third-order valence-corrected chi connectivity index (χ3v) is 5.08. The number of hydrogen-bond donors (Lipinski definition) is 1. The van der Waals surface area contributed by atoms with Gasteiger partial charge in [-0.3, -0.25) is 4.79 Å². The van der Waals surface area contributed by atoms with Gasteiger partial charge < -0.3 is 9.72 Å². The lowest BCUT2D eigenvalue weighted by molar-refractivity contribution is -0.144. The van der Waals surface area contributed by atoms with Crippen molar-refractivity contribution in [3.63, 3.8) is 0 Å². The van der Waals surface area contributed by atoms with Gasteiger partial charge in [-0.1, -0.05) is 20.3 Å². The Hall–Kier alpha value is -2.03. The van der Waals surface area contributed by atoms with E-state index in [-0.39, 0.29) is 16.7 Å². The normalized spacial score (nSPS) is 12.0. The maximum absolute atomic E-state index is 12.4. The highest BCUT2D eigenvalue weighted by atomic mass is 32.2. The van der Waals surface area contributed by atoms with Crippen molar-refractivity contribution >= 4 is 27.0 Å². The van der Waals surface area contributed by atoms with Crippen LogP contribution in [0.5, 0.6) is 0 Å². The molecule has 0 amide bonds. The summed E-state index contributed by atoms with van der Waals surface area (Å²) >= 11 is 0. The van der Waals surface area contributed by atoms with E-state index in [0.29, 0.717) is 49.4 Å². The van der Waals surface area contributed by atoms with Crippen LogP contribution in [0.3, 0.4) is 0 Å². The summed E-state index contributed by atoms with van der Waals surface area (Å²) < 4.78 is 29.9. The Bertz CT molecular complexity index is 786. The van der Waals surface area contributed by atoms with Gasteiger partial charge in [-0.15, -0.1) is 0 Å². The van der Waals surface area contributed by atoms with Gasteiger partial charge in [0, 0.05) is 6.42 Å². The van der Waals surface area contributed by atoms with Gasteiger partial charge in [0.15, 0.2) is 20.5 Å². The topological polar surface area (TPSA) is 115 Å². The lowest BCUT2D eigenvalue weighted by atomic mass is 10.2. The van der Waals surface area contributed by atoms with Gasteiger partial charge in [-0.05, 0) is 18.8 Å². The van der Waals surface area contributed by atoms with Crippen molar-refractivity contribution in [1.82, 2.24) is 19.9 Å². The molecule has 2 aromatic rings.